The fourth-order valence-electron chi connectivity index (χ4n) is 4.28. The van der Waals surface area contributed by atoms with Crippen LogP contribution in [-0.2, 0) is 22.6 Å². The van der Waals surface area contributed by atoms with Crippen LogP contribution in [0.2, 0.25) is 0 Å². The zero-order valence-corrected chi connectivity index (χ0v) is 22.2. The van der Waals surface area contributed by atoms with E-state index in [2.05, 4.69) is 10.3 Å². The molecule has 40 heavy (non-hydrogen) atoms. The largest absolute Gasteiger partial charge is 0.489 e. The second kappa shape index (κ2) is 12.1. The molecule has 0 unspecified atom stereocenters. The van der Waals surface area contributed by atoms with Crippen LogP contribution in [0.4, 0.5) is 5.69 Å². The Balaban J connectivity index is 1.20. The molecule has 1 amide bonds. The number of esters is 1. The lowest BCUT2D eigenvalue weighted by atomic mass is 10.1. The SMILES string of the molecule is COC(=O)c1cccc(C)c1NC(=O)Cc1ccc(Oc2ccc3cc(OCc4ccccc4)ccc3c2)nc1. The molecule has 0 radical (unpaired) electrons. The number of hydrogen-bond donors (Lipinski definition) is 1. The molecule has 0 spiro atoms. The van der Waals surface area contributed by atoms with Gasteiger partial charge in [-0.25, -0.2) is 9.78 Å². The number of carbonyl (C=O) groups excluding carboxylic acids is 2. The quantitative estimate of drug-likeness (QED) is 0.208. The minimum Gasteiger partial charge on any atom is -0.489 e. The van der Waals surface area contributed by atoms with Gasteiger partial charge in [0.1, 0.15) is 18.1 Å². The highest BCUT2D eigenvalue weighted by Crippen LogP contribution is 2.28. The molecule has 200 valence electrons. The standard InChI is InChI=1S/C33H28N2O5/c1-22-7-6-10-29(33(37)38-2)32(22)35-30(36)17-24-11-16-31(34-20-24)40-28-15-13-25-18-27(14-12-26(25)19-28)39-21-23-8-4-3-5-9-23/h3-16,18-20H,17,21H2,1-2H3,(H,35,36). The molecule has 5 rings (SSSR count). The number of fused-ring (bicyclic) bond motifs is 1. The van der Waals surface area contributed by atoms with E-state index in [9.17, 15) is 9.59 Å². The van der Waals surface area contributed by atoms with Crippen molar-refractivity contribution in [3.63, 3.8) is 0 Å². The molecule has 0 saturated carbocycles. The number of aryl methyl sites for hydroxylation is 1. The van der Waals surface area contributed by atoms with E-state index in [0.717, 1.165) is 27.6 Å². The summed E-state index contributed by atoms with van der Waals surface area (Å²) in [6.07, 6.45) is 1.69. The van der Waals surface area contributed by atoms with Crippen molar-refractivity contribution in [2.45, 2.75) is 20.0 Å². The molecule has 1 heterocycles. The Labute approximate surface area is 232 Å². The van der Waals surface area contributed by atoms with E-state index in [1.807, 2.05) is 79.7 Å². The maximum Gasteiger partial charge on any atom is 0.339 e. The number of nitrogens with one attached hydrogen (secondary N) is 1. The Bertz CT molecular complexity index is 1650. The zero-order valence-electron chi connectivity index (χ0n) is 22.2. The lowest BCUT2D eigenvalue weighted by molar-refractivity contribution is -0.115. The lowest BCUT2D eigenvalue weighted by Crippen LogP contribution is -2.18. The van der Waals surface area contributed by atoms with Gasteiger partial charge in [0.15, 0.2) is 0 Å². The maximum atomic E-state index is 12.7. The smallest absolute Gasteiger partial charge is 0.339 e. The molecule has 0 aliphatic carbocycles. The van der Waals surface area contributed by atoms with Crippen LogP contribution in [0.15, 0.2) is 103 Å². The number of rotatable bonds is 9. The number of para-hydroxylation sites is 1. The van der Waals surface area contributed by atoms with Gasteiger partial charge in [0.05, 0.1) is 24.8 Å². The molecule has 5 aromatic rings. The molecule has 1 aromatic heterocycles. The molecule has 0 saturated heterocycles. The van der Waals surface area contributed by atoms with Gasteiger partial charge in [-0.15, -0.1) is 0 Å². The van der Waals surface area contributed by atoms with E-state index in [-0.39, 0.29) is 12.3 Å². The second-order valence-electron chi connectivity index (χ2n) is 9.27. The fraction of sp³-hybridized carbons (Fsp3) is 0.121. The molecule has 4 aromatic carbocycles. The van der Waals surface area contributed by atoms with Gasteiger partial charge in [0.25, 0.3) is 0 Å². The number of hydrogen-bond acceptors (Lipinski definition) is 6. The van der Waals surface area contributed by atoms with Crippen LogP contribution in [-0.4, -0.2) is 24.0 Å². The molecule has 0 bridgehead atoms. The molecule has 7 heteroatoms. The van der Waals surface area contributed by atoms with E-state index >= 15 is 0 Å². The molecule has 0 aliphatic heterocycles. The van der Waals surface area contributed by atoms with Gasteiger partial charge >= 0.3 is 5.97 Å². The number of ether oxygens (including phenoxy) is 3. The van der Waals surface area contributed by atoms with Crippen LogP contribution in [0.25, 0.3) is 10.8 Å². The summed E-state index contributed by atoms with van der Waals surface area (Å²) in [6, 6.07) is 30.5. The third-order valence-electron chi connectivity index (χ3n) is 6.36. The third kappa shape index (κ3) is 6.45. The van der Waals surface area contributed by atoms with Crippen molar-refractivity contribution in [1.29, 1.82) is 0 Å². The number of benzene rings is 4. The van der Waals surface area contributed by atoms with Gasteiger partial charge in [-0.05, 0) is 64.7 Å². The van der Waals surface area contributed by atoms with E-state index in [1.54, 1.807) is 30.5 Å². The van der Waals surface area contributed by atoms with Gasteiger partial charge in [-0.1, -0.05) is 60.7 Å². The van der Waals surface area contributed by atoms with Gasteiger partial charge < -0.3 is 19.5 Å². The van der Waals surface area contributed by atoms with E-state index in [0.29, 0.717) is 35.1 Å². The normalized spacial score (nSPS) is 10.7. The van der Waals surface area contributed by atoms with Gasteiger partial charge in [0, 0.05) is 12.3 Å². The topological polar surface area (TPSA) is 86.8 Å². The third-order valence-corrected chi connectivity index (χ3v) is 6.36. The second-order valence-corrected chi connectivity index (χ2v) is 9.27. The molecule has 0 atom stereocenters. The molecular weight excluding hydrogens is 504 g/mol. The summed E-state index contributed by atoms with van der Waals surface area (Å²) in [7, 11) is 1.31. The average Bonchev–Trinajstić information content (AvgIpc) is 2.98. The first-order valence-electron chi connectivity index (χ1n) is 12.8. The number of anilines is 1. The summed E-state index contributed by atoms with van der Waals surface area (Å²) >= 11 is 0. The van der Waals surface area contributed by atoms with Gasteiger partial charge in [0.2, 0.25) is 11.8 Å². The van der Waals surface area contributed by atoms with Crippen molar-refractivity contribution >= 4 is 28.3 Å². The van der Waals surface area contributed by atoms with E-state index in [1.165, 1.54) is 7.11 Å². The van der Waals surface area contributed by atoms with E-state index < -0.39 is 5.97 Å². The van der Waals surface area contributed by atoms with Gasteiger partial charge in [-0.2, -0.15) is 0 Å². The minimum absolute atomic E-state index is 0.0902. The Morgan fingerprint density at radius 1 is 0.800 bits per heavy atom. The Kier molecular flexibility index (Phi) is 8.02. The highest BCUT2D eigenvalue weighted by Gasteiger charge is 2.16. The van der Waals surface area contributed by atoms with Gasteiger partial charge in [-0.3, -0.25) is 4.79 Å². The van der Waals surface area contributed by atoms with Crippen LogP contribution in [0.1, 0.15) is 27.0 Å². The minimum atomic E-state index is -0.507. The first-order chi connectivity index (χ1) is 19.5. The number of pyridine rings is 1. The number of carbonyl (C=O) groups is 2. The molecule has 0 fully saturated rings. The highest BCUT2D eigenvalue weighted by molar-refractivity contribution is 6.02. The van der Waals surface area contributed by atoms with Crippen molar-refractivity contribution in [2.24, 2.45) is 0 Å². The van der Waals surface area contributed by atoms with Crippen molar-refractivity contribution in [1.82, 2.24) is 4.98 Å². The predicted octanol–water partition coefficient (Wildman–Crippen LogP) is 6.88. The Hall–Kier alpha value is -5.17. The maximum absolute atomic E-state index is 12.7. The molecule has 0 aliphatic rings. The van der Waals surface area contributed by atoms with Crippen LogP contribution < -0.4 is 14.8 Å². The summed E-state index contributed by atoms with van der Waals surface area (Å²) < 4.78 is 16.7. The average molecular weight is 533 g/mol. The molecule has 7 nitrogen and oxygen atoms in total. The zero-order chi connectivity index (χ0) is 27.9. The lowest BCUT2D eigenvalue weighted by Gasteiger charge is -2.13. The number of methoxy groups -OCH3 is 1. The van der Waals surface area contributed by atoms with Crippen LogP contribution in [0, 0.1) is 6.92 Å². The van der Waals surface area contributed by atoms with Crippen LogP contribution in [0.3, 0.4) is 0 Å². The molecular formula is C33H28N2O5. The number of aromatic nitrogens is 1. The van der Waals surface area contributed by atoms with Crippen molar-refractivity contribution in [3.05, 3.63) is 126 Å². The summed E-state index contributed by atoms with van der Waals surface area (Å²) in [5.74, 6) is 1.09. The monoisotopic (exact) mass is 532 g/mol. The summed E-state index contributed by atoms with van der Waals surface area (Å²) in [6.45, 7) is 2.33. The Morgan fingerprint density at radius 3 is 2.27 bits per heavy atom. The number of nitrogens with zero attached hydrogens (tertiary/aromatic N) is 1. The van der Waals surface area contributed by atoms with Crippen LogP contribution in [0.5, 0.6) is 17.4 Å². The fourth-order valence-corrected chi connectivity index (χ4v) is 4.28. The predicted molar refractivity (Wildman–Crippen MR) is 154 cm³/mol. The summed E-state index contributed by atoms with van der Waals surface area (Å²) in [5.41, 5.74) is 3.34. The van der Waals surface area contributed by atoms with Crippen LogP contribution >= 0.6 is 0 Å². The Morgan fingerprint density at radius 2 is 1.55 bits per heavy atom. The van der Waals surface area contributed by atoms with E-state index in [4.69, 9.17) is 14.2 Å². The van der Waals surface area contributed by atoms with Crippen molar-refractivity contribution < 1.29 is 23.8 Å². The summed E-state index contributed by atoms with van der Waals surface area (Å²) in [4.78, 5) is 29.1. The highest BCUT2D eigenvalue weighted by atomic mass is 16.5. The number of amides is 1. The van der Waals surface area contributed by atoms with Crippen molar-refractivity contribution in [2.75, 3.05) is 12.4 Å². The summed E-state index contributed by atoms with van der Waals surface area (Å²) in [5, 5.41) is 4.88. The van der Waals surface area contributed by atoms with Crippen molar-refractivity contribution in [3.8, 4) is 17.4 Å². The first-order valence-corrected chi connectivity index (χ1v) is 12.8. The molecule has 1 N–H and O–H groups in total. The first kappa shape index (κ1) is 26.4.